The summed E-state index contributed by atoms with van der Waals surface area (Å²) < 4.78 is 7.61. The molecule has 0 aliphatic heterocycles. The SMILES string of the molecule is CCOc1ccc2c(c1)cc(C)n2CCCC(=O)[O-]. The lowest BCUT2D eigenvalue weighted by Gasteiger charge is -2.09. The highest BCUT2D eigenvalue weighted by Gasteiger charge is 2.06. The molecule has 1 heterocycles. The van der Waals surface area contributed by atoms with Crippen molar-refractivity contribution in [2.75, 3.05) is 6.61 Å². The number of aliphatic carboxylic acids is 1. The molecule has 0 atom stereocenters. The van der Waals surface area contributed by atoms with Gasteiger partial charge in [-0.15, -0.1) is 0 Å². The highest BCUT2D eigenvalue weighted by molar-refractivity contribution is 5.82. The lowest BCUT2D eigenvalue weighted by atomic mass is 10.2. The van der Waals surface area contributed by atoms with Crippen molar-refractivity contribution in [1.29, 1.82) is 0 Å². The van der Waals surface area contributed by atoms with Crippen LogP contribution in [-0.2, 0) is 11.3 Å². The Labute approximate surface area is 112 Å². The van der Waals surface area contributed by atoms with Crippen LogP contribution < -0.4 is 9.84 Å². The third kappa shape index (κ3) is 3.08. The van der Waals surface area contributed by atoms with E-state index in [2.05, 4.69) is 10.6 Å². The van der Waals surface area contributed by atoms with E-state index in [1.807, 2.05) is 32.0 Å². The molecule has 0 saturated heterocycles. The van der Waals surface area contributed by atoms with Crippen molar-refractivity contribution in [1.82, 2.24) is 4.57 Å². The highest BCUT2D eigenvalue weighted by atomic mass is 16.5. The number of nitrogens with zero attached hydrogens (tertiary/aromatic N) is 1. The number of ether oxygens (including phenoxy) is 1. The van der Waals surface area contributed by atoms with Crippen LogP contribution in [-0.4, -0.2) is 17.1 Å². The van der Waals surface area contributed by atoms with Gasteiger partial charge in [0.25, 0.3) is 0 Å². The fourth-order valence-electron chi connectivity index (χ4n) is 2.32. The van der Waals surface area contributed by atoms with Gasteiger partial charge in [0.1, 0.15) is 5.75 Å². The van der Waals surface area contributed by atoms with Gasteiger partial charge in [0.2, 0.25) is 0 Å². The molecule has 0 N–H and O–H groups in total. The molecule has 4 nitrogen and oxygen atoms in total. The number of hydrogen-bond donors (Lipinski definition) is 0. The quantitative estimate of drug-likeness (QED) is 0.796. The number of hydrogen-bond acceptors (Lipinski definition) is 3. The number of carboxylic acid groups (broad SMARTS) is 1. The first-order valence-corrected chi connectivity index (χ1v) is 6.54. The van der Waals surface area contributed by atoms with Crippen LogP contribution in [0.5, 0.6) is 5.75 Å². The Hall–Kier alpha value is -1.97. The molecule has 0 aliphatic rings. The van der Waals surface area contributed by atoms with Gasteiger partial charge in [-0.05, 0) is 51.0 Å². The summed E-state index contributed by atoms with van der Waals surface area (Å²) in [5.41, 5.74) is 2.24. The van der Waals surface area contributed by atoms with Crippen LogP contribution in [0.2, 0.25) is 0 Å². The topological polar surface area (TPSA) is 54.3 Å². The second-order valence-corrected chi connectivity index (χ2v) is 4.57. The van der Waals surface area contributed by atoms with Crippen LogP contribution in [0.4, 0.5) is 0 Å². The van der Waals surface area contributed by atoms with E-state index in [0.717, 1.165) is 22.3 Å². The Morgan fingerprint density at radius 2 is 2.16 bits per heavy atom. The Morgan fingerprint density at radius 3 is 2.84 bits per heavy atom. The van der Waals surface area contributed by atoms with Crippen LogP contribution >= 0.6 is 0 Å². The second kappa shape index (κ2) is 5.78. The normalized spacial score (nSPS) is 10.8. The molecule has 2 aromatic rings. The van der Waals surface area contributed by atoms with E-state index in [0.29, 0.717) is 19.6 Å². The number of aryl methyl sites for hydroxylation is 2. The number of carbonyl (C=O) groups excluding carboxylic acids is 1. The van der Waals surface area contributed by atoms with Gasteiger partial charge >= 0.3 is 0 Å². The van der Waals surface area contributed by atoms with Crippen molar-refractivity contribution in [2.45, 2.75) is 33.2 Å². The minimum absolute atomic E-state index is 0.0934. The first-order valence-electron chi connectivity index (χ1n) is 6.54. The Morgan fingerprint density at radius 1 is 1.37 bits per heavy atom. The minimum atomic E-state index is -0.993. The van der Waals surface area contributed by atoms with E-state index in [-0.39, 0.29) is 6.42 Å². The summed E-state index contributed by atoms with van der Waals surface area (Å²) in [4.78, 5) is 10.5. The Bertz CT molecular complexity index is 586. The number of aromatic nitrogens is 1. The van der Waals surface area contributed by atoms with Crippen LogP contribution in [0.15, 0.2) is 24.3 Å². The number of carbonyl (C=O) groups is 1. The standard InChI is InChI=1S/C15H19NO3/c1-3-19-13-6-7-14-12(10-13)9-11(2)16(14)8-4-5-15(17)18/h6-7,9-10H,3-5,8H2,1-2H3,(H,17,18)/p-1. The average Bonchev–Trinajstić information content (AvgIpc) is 2.65. The number of fused-ring (bicyclic) bond motifs is 1. The molecule has 4 heteroatoms. The zero-order valence-corrected chi connectivity index (χ0v) is 11.3. The van der Waals surface area contributed by atoms with Crippen molar-refractivity contribution in [3.05, 3.63) is 30.0 Å². The number of rotatable bonds is 6. The minimum Gasteiger partial charge on any atom is -0.550 e. The molecule has 0 bridgehead atoms. The molecule has 0 unspecified atom stereocenters. The van der Waals surface area contributed by atoms with Crippen LogP contribution in [0.1, 0.15) is 25.5 Å². The Balaban J connectivity index is 2.23. The third-order valence-electron chi connectivity index (χ3n) is 3.15. The Kier molecular flexibility index (Phi) is 4.10. The van der Waals surface area contributed by atoms with Crippen molar-refractivity contribution in [2.24, 2.45) is 0 Å². The van der Waals surface area contributed by atoms with E-state index in [9.17, 15) is 9.90 Å². The summed E-state index contributed by atoms with van der Waals surface area (Å²) in [6.45, 7) is 5.33. The molecule has 0 spiro atoms. The summed E-state index contributed by atoms with van der Waals surface area (Å²) in [5, 5.41) is 11.6. The molecule has 0 aliphatic carbocycles. The fourth-order valence-corrected chi connectivity index (χ4v) is 2.32. The first-order chi connectivity index (χ1) is 9.11. The van der Waals surface area contributed by atoms with Crippen molar-refractivity contribution in [3.63, 3.8) is 0 Å². The zero-order valence-electron chi connectivity index (χ0n) is 11.3. The summed E-state index contributed by atoms with van der Waals surface area (Å²) in [5.74, 6) is -0.130. The maximum atomic E-state index is 10.5. The van der Waals surface area contributed by atoms with Gasteiger partial charge in [0.15, 0.2) is 0 Å². The molecule has 0 fully saturated rings. The third-order valence-corrected chi connectivity index (χ3v) is 3.15. The molecular formula is C15H18NO3-. The lowest BCUT2D eigenvalue weighted by Crippen LogP contribution is -2.22. The van der Waals surface area contributed by atoms with E-state index >= 15 is 0 Å². The molecule has 0 saturated carbocycles. The first kappa shape index (κ1) is 13.5. The average molecular weight is 260 g/mol. The molecule has 102 valence electrons. The van der Waals surface area contributed by atoms with Crippen LogP contribution in [0.3, 0.4) is 0 Å². The van der Waals surface area contributed by atoms with E-state index in [1.165, 1.54) is 0 Å². The van der Waals surface area contributed by atoms with Gasteiger partial charge in [-0.3, -0.25) is 0 Å². The van der Waals surface area contributed by atoms with E-state index < -0.39 is 5.97 Å². The molecule has 1 aromatic heterocycles. The molecule has 0 amide bonds. The van der Waals surface area contributed by atoms with Gasteiger partial charge in [0, 0.05) is 29.1 Å². The predicted molar refractivity (Wildman–Crippen MR) is 72.1 cm³/mol. The molecule has 1 aromatic carbocycles. The highest BCUT2D eigenvalue weighted by Crippen LogP contribution is 2.24. The smallest absolute Gasteiger partial charge is 0.120 e. The second-order valence-electron chi connectivity index (χ2n) is 4.57. The van der Waals surface area contributed by atoms with Gasteiger partial charge in [-0.25, -0.2) is 0 Å². The van der Waals surface area contributed by atoms with Gasteiger partial charge in [-0.2, -0.15) is 0 Å². The van der Waals surface area contributed by atoms with Gasteiger partial charge in [0.05, 0.1) is 6.61 Å². The summed E-state index contributed by atoms with van der Waals surface area (Å²) >= 11 is 0. The maximum Gasteiger partial charge on any atom is 0.120 e. The van der Waals surface area contributed by atoms with Crippen LogP contribution in [0.25, 0.3) is 10.9 Å². The van der Waals surface area contributed by atoms with Gasteiger partial charge < -0.3 is 19.2 Å². The van der Waals surface area contributed by atoms with Crippen molar-refractivity contribution in [3.8, 4) is 5.75 Å². The molecular weight excluding hydrogens is 242 g/mol. The predicted octanol–water partition coefficient (Wildman–Crippen LogP) is 1.88. The molecule has 19 heavy (non-hydrogen) atoms. The monoisotopic (exact) mass is 260 g/mol. The fraction of sp³-hybridized carbons (Fsp3) is 0.400. The van der Waals surface area contributed by atoms with Crippen molar-refractivity contribution < 1.29 is 14.6 Å². The summed E-state index contributed by atoms with van der Waals surface area (Å²) in [6, 6.07) is 8.07. The van der Waals surface area contributed by atoms with Gasteiger partial charge in [-0.1, -0.05) is 0 Å². The zero-order chi connectivity index (χ0) is 13.8. The maximum absolute atomic E-state index is 10.5. The van der Waals surface area contributed by atoms with Crippen LogP contribution in [0, 0.1) is 6.92 Å². The van der Waals surface area contributed by atoms with Crippen molar-refractivity contribution >= 4 is 16.9 Å². The van der Waals surface area contributed by atoms with E-state index in [1.54, 1.807) is 0 Å². The molecule has 2 rings (SSSR count). The largest absolute Gasteiger partial charge is 0.550 e. The number of benzene rings is 1. The number of carboxylic acids is 1. The summed E-state index contributed by atoms with van der Waals surface area (Å²) in [7, 11) is 0. The summed E-state index contributed by atoms with van der Waals surface area (Å²) in [6.07, 6.45) is 0.677. The molecule has 0 radical (unpaired) electrons. The van der Waals surface area contributed by atoms with E-state index in [4.69, 9.17) is 4.74 Å². The lowest BCUT2D eigenvalue weighted by molar-refractivity contribution is -0.305.